The van der Waals surface area contributed by atoms with Gasteiger partial charge in [0.2, 0.25) is 0 Å². The van der Waals surface area contributed by atoms with Gasteiger partial charge in [0.25, 0.3) is 0 Å². The van der Waals surface area contributed by atoms with E-state index in [-0.39, 0.29) is 0 Å². The third-order valence-electron chi connectivity index (χ3n) is 3.42. The Morgan fingerprint density at radius 2 is 2.33 bits per heavy atom. The van der Waals surface area contributed by atoms with Crippen molar-refractivity contribution in [2.75, 3.05) is 20.3 Å². The lowest BCUT2D eigenvalue weighted by Crippen LogP contribution is -2.32. The van der Waals surface area contributed by atoms with Crippen LogP contribution >= 0.6 is 0 Å². The van der Waals surface area contributed by atoms with Crippen LogP contribution < -0.4 is 5.32 Å². The molecule has 0 aromatic carbocycles. The minimum atomic E-state index is 0.370. The Morgan fingerprint density at radius 1 is 1.40 bits per heavy atom. The largest absolute Gasteiger partial charge is 0.379 e. The van der Waals surface area contributed by atoms with Gasteiger partial charge in [-0.2, -0.15) is 0 Å². The van der Waals surface area contributed by atoms with E-state index in [2.05, 4.69) is 20.1 Å². The number of likely N-dealkylation sites (N-methyl/N-ethyl adjacent to an activating group) is 1. The van der Waals surface area contributed by atoms with Crippen molar-refractivity contribution < 1.29 is 4.74 Å². The molecule has 0 spiro atoms. The first-order valence-corrected chi connectivity index (χ1v) is 5.57. The van der Waals surface area contributed by atoms with Gasteiger partial charge < -0.3 is 14.6 Å². The molecule has 1 aromatic heterocycles. The number of fused-ring (bicyclic) bond motifs is 1. The Kier molecular flexibility index (Phi) is 2.21. The van der Waals surface area contributed by atoms with Crippen LogP contribution in [0.15, 0.2) is 0 Å². The first-order valence-electron chi connectivity index (χ1n) is 5.57. The third-order valence-corrected chi connectivity index (χ3v) is 3.42. The fourth-order valence-corrected chi connectivity index (χ4v) is 2.54. The van der Waals surface area contributed by atoms with E-state index in [0.717, 1.165) is 37.8 Å². The van der Waals surface area contributed by atoms with Crippen molar-refractivity contribution >= 4 is 0 Å². The topological polar surface area (TPSA) is 52.0 Å². The Labute approximate surface area is 88.8 Å². The van der Waals surface area contributed by atoms with Crippen LogP contribution in [0.3, 0.4) is 0 Å². The van der Waals surface area contributed by atoms with Gasteiger partial charge in [-0.15, -0.1) is 10.2 Å². The molecule has 0 radical (unpaired) electrons. The highest BCUT2D eigenvalue weighted by molar-refractivity contribution is 5.10. The number of aromatic nitrogens is 3. The Morgan fingerprint density at radius 3 is 3.20 bits per heavy atom. The van der Waals surface area contributed by atoms with Gasteiger partial charge in [0.1, 0.15) is 11.6 Å². The molecule has 2 aliphatic heterocycles. The number of ether oxygens (including phenoxy) is 1. The zero-order valence-electron chi connectivity index (χ0n) is 8.94. The highest BCUT2D eigenvalue weighted by Gasteiger charge is 2.33. The van der Waals surface area contributed by atoms with E-state index in [1.54, 1.807) is 0 Å². The number of aryl methyl sites for hydroxylation is 1. The molecule has 2 unspecified atom stereocenters. The van der Waals surface area contributed by atoms with Crippen LogP contribution in [-0.2, 0) is 17.7 Å². The fraction of sp³-hybridized carbons (Fsp3) is 0.800. The van der Waals surface area contributed by atoms with Crippen LogP contribution in [0.4, 0.5) is 0 Å². The monoisotopic (exact) mass is 208 g/mol. The van der Waals surface area contributed by atoms with E-state index in [4.69, 9.17) is 4.74 Å². The molecule has 82 valence electrons. The van der Waals surface area contributed by atoms with E-state index in [1.807, 2.05) is 7.05 Å². The normalized spacial score (nSPS) is 29.7. The molecule has 1 saturated heterocycles. The lowest BCUT2D eigenvalue weighted by Gasteiger charge is -2.16. The molecule has 5 nitrogen and oxygen atoms in total. The summed E-state index contributed by atoms with van der Waals surface area (Å²) in [7, 11) is 1.98. The fourth-order valence-electron chi connectivity index (χ4n) is 2.54. The highest BCUT2D eigenvalue weighted by atomic mass is 16.5. The maximum absolute atomic E-state index is 5.50. The summed E-state index contributed by atoms with van der Waals surface area (Å²) < 4.78 is 7.77. The lowest BCUT2D eigenvalue weighted by molar-refractivity contribution is 0.187. The van der Waals surface area contributed by atoms with Crippen molar-refractivity contribution in [2.24, 2.45) is 0 Å². The summed E-state index contributed by atoms with van der Waals surface area (Å²) in [5.41, 5.74) is 0. The molecule has 0 saturated carbocycles. The smallest absolute Gasteiger partial charge is 0.140 e. The summed E-state index contributed by atoms with van der Waals surface area (Å²) in [4.78, 5) is 0. The first kappa shape index (κ1) is 9.30. The summed E-state index contributed by atoms with van der Waals surface area (Å²) in [6, 6.07) is 0.388. The van der Waals surface area contributed by atoms with Gasteiger partial charge in [-0.1, -0.05) is 0 Å². The van der Waals surface area contributed by atoms with E-state index < -0.39 is 0 Å². The van der Waals surface area contributed by atoms with Crippen molar-refractivity contribution in [3.05, 3.63) is 11.6 Å². The molecular weight excluding hydrogens is 192 g/mol. The molecular formula is C10H16N4O. The van der Waals surface area contributed by atoms with E-state index in [1.165, 1.54) is 6.42 Å². The second-order valence-corrected chi connectivity index (χ2v) is 4.27. The molecule has 0 amide bonds. The Hall–Kier alpha value is -0.940. The van der Waals surface area contributed by atoms with Gasteiger partial charge in [-0.25, -0.2) is 0 Å². The SMILES string of the molecule is CNC1COCC1c1nnc2n1CCC2. The molecule has 2 atom stereocenters. The summed E-state index contributed by atoms with van der Waals surface area (Å²) in [5, 5.41) is 11.8. The van der Waals surface area contributed by atoms with Crippen molar-refractivity contribution in [3.8, 4) is 0 Å². The van der Waals surface area contributed by atoms with E-state index in [9.17, 15) is 0 Å². The zero-order chi connectivity index (χ0) is 10.3. The van der Waals surface area contributed by atoms with E-state index >= 15 is 0 Å². The molecule has 1 N–H and O–H groups in total. The third kappa shape index (κ3) is 1.38. The standard InChI is InChI=1S/C10H16N4O/c1-11-8-6-15-5-7(8)10-13-12-9-3-2-4-14(9)10/h7-8,11H,2-6H2,1H3. The Bertz CT molecular complexity index is 362. The molecule has 0 aliphatic carbocycles. The summed E-state index contributed by atoms with van der Waals surface area (Å²) >= 11 is 0. The minimum absolute atomic E-state index is 0.370. The Balaban J connectivity index is 1.92. The second-order valence-electron chi connectivity index (χ2n) is 4.27. The van der Waals surface area contributed by atoms with Crippen molar-refractivity contribution in [3.63, 3.8) is 0 Å². The van der Waals surface area contributed by atoms with Crippen LogP contribution in [0.25, 0.3) is 0 Å². The maximum Gasteiger partial charge on any atom is 0.140 e. The van der Waals surface area contributed by atoms with Gasteiger partial charge in [0, 0.05) is 19.0 Å². The molecule has 3 heterocycles. The predicted molar refractivity (Wildman–Crippen MR) is 54.8 cm³/mol. The highest BCUT2D eigenvalue weighted by Crippen LogP contribution is 2.27. The maximum atomic E-state index is 5.50. The summed E-state index contributed by atoms with van der Waals surface area (Å²) in [5.74, 6) is 2.63. The van der Waals surface area contributed by atoms with Gasteiger partial charge in [-0.3, -0.25) is 0 Å². The summed E-state index contributed by atoms with van der Waals surface area (Å²) in [6.07, 6.45) is 2.28. The van der Waals surface area contributed by atoms with Gasteiger partial charge in [0.15, 0.2) is 0 Å². The van der Waals surface area contributed by atoms with Crippen LogP contribution in [0.5, 0.6) is 0 Å². The van der Waals surface area contributed by atoms with Crippen molar-refractivity contribution in [2.45, 2.75) is 31.3 Å². The van der Waals surface area contributed by atoms with Crippen molar-refractivity contribution in [1.29, 1.82) is 0 Å². The van der Waals surface area contributed by atoms with Gasteiger partial charge >= 0.3 is 0 Å². The molecule has 5 heteroatoms. The summed E-state index contributed by atoms with van der Waals surface area (Å²) in [6.45, 7) is 2.62. The number of rotatable bonds is 2. The lowest BCUT2D eigenvalue weighted by atomic mass is 10.0. The first-order chi connectivity index (χ1) is 7.40. The second kappa shape index (κ2) is 3.57. The average Bonchev–Trinajstić information content (AvgIpc) is 2.92. The quantitative estimate of drug-likeness (QED) is 0.739. The minimum Gasteiger partial charge on any atom is -0.379 e. The van der Waals surface area contributed by atoms with E-state index in [0.29, 0.717) is 12.0 Å². The molecule has 1 aromatic rings. The van der Waals surface area contributed by atoms with Crippen LogP contribution in [0, 0.1) is 0 Å². The predicted octanol–water partition coefficient (Wildman–Crippen LogP) is -0.0739. The molecule has 15 heavy (non-hydrogen) atoms. The number of hydrogen-bond acceptors (Lipinski definition) is 4. The molecule has 1 fully saturated rings. The van der Waals surface area contributed by atoms with Gasteiger partial charge in [0.05, 0.1) is 19.1 Å². The number of nitrogens with one attached hydrogen (secondary N) is 1. The van der Waals surface area contributed by atoms with Crippen molar-refractivity contribution in [1.82, 2.24) is 20.1 Å². The molecule has 0 bridgehead atoms. The molecule has 3 rings (SSSR count). The average molecular weight is 208 g/mol. The van der Waals surface area contributed by atoms with Crippen LogP contribution in [0.1, 0.15) is 24.0 Å². The number of hydrogen-bond donors (Lipinski definition) is 1. The number of nitrogens with zero attached hydrogens (tertiary/aromatic N) is 3. The van der Waals surface area contributed by atoms with Gasteiger partial charge in [-0.05, 0) is 13.5 Å². The van der Waals surface area contributed by atoms with Crippen LogP contribution in [-0.4, -0.2) is 41.1 Å². The molecule has 2 aliphatic rings. The zero-order valence-corrected chi connectivity index (χ0v) is 8.94. The van der Waals surface area contributed by atoms with Crippen LogP contribution in [0.2, 0.25) is 0 Å².